The van der Waals surface area contributed by atoms with Crippen LogP contribution in [0.3, 0.4) is 0 Å². The second-order valence-corrected chi connectivity index (χ2v) is 13.0. The minimum Gasteiger partial charge on any atom is -0.385 e. The number of rotatable bonds is 5. The molecule has 0 saturated heterocycles. The van der Waals surface area contributed by atoms with Gasteiger partial charge in [-0.25, -0.2) is 0 Å². The van der Waals surface area contributed by atoms with Gasteiger partial charge in [0.25, 0.3) is 0 Å². The molecule has 0 aliphatic heterocycles. The Balaban J connectivity index is 0.00000380. The van der Waals surface area contributed by atoms with E-state index in [1.165, 1.54) is 15.6 Å². The Bertz CT molecular complexity index is 1340. The summed E-state index contributed by atoms with van der Waals surface area (Å²) in [5.74, 6) is 1.19. The maximum Gasteiger partial charge on any atom is 0.154 e. The van der Waals surface area contributed by atoms with Gasteiger partial charge in [-0.05, 0) is 40.8 Å². The van der Waals surface area contributed by atoms with Gasteiger partial charge < -0.3 is 8.58 Å². The van der Waals surface area contributed by atoms with Gasteiger partial charge in [-0.15, -0.1) is 11.3 Å². The number of thiophene rings is 1. The average molecular weight is 589 g/mol. The first-order valence-corrected chi connectivity index (χ1v) is 13.7. The second-order valence-electron chi connectivity index (χ2n) is 11.7. The van der Waals surface area contributed by atoms with E-state index in [9.17, 15) is 0 Å². The number of halogens is 2. The van der Waals surface area contributed by atoms with Crippen LogP contribution in [0.25, 0.3) is 10.8 Å². The summed E-state index contributed by atoms with van der Waals surface area (Å²) < 4.78 is 11.3. The largest absolute Gasteiger partial charge is 0.385 e. The standard InChI is InChI=1S/C31H34Cl2O2S.Ti/c1-18-13-22(27(34-32)24(15-18)30(3,4)5)26(29-21-12-10-9-11-20(21)17-36-29)23-14-19(2)16-25(28(23)35-33)31(6,7)8;/h9-17,26H,1-8H3;. The predicted molar refractivity (Wildman–Crippen MR) is 155 cm³/mol. The Morgan fingerprint density at radius 3 is 1.62 bits per heavy atom. The third kappa shape index (κ3) is 5.92. The van der Waals surface area contributed by atoms with Crippen LogP contribution in [0, 0.1) is 13.8 Å². The predicted octanol–water partition coefficient (Wildman–Crippen LogP) is 10.4. The zero-order valence-electron chi connectivity index (χ0n) is 22.8. The molecule has 1 heterocycles. The molecule has 0 unspecified atom stereocenters. The Hall–Kier alpha value is -1.49. The molecule has 37 heavy (non-hydrogen) atoms. The van der Waals surface area contributed by atoms with Crippen molar-refractivity contribution in [2.24, 2.45) is 0 Å². The molecule has 3 aromatic carbocycles. The summed E-state index contributed by atoms with van der Waals surface area (Å²) in [6, 6.07) is 17.2. The van der Waals surface area contributed by atoms with E-state index in [2.05, 4.69) is 109 Å². The first kappa shape index (κ1) is 30.1. The van der Waals surface area contributed by atoms with Gasteiger partial charge in [0.1, 0.15) is 23.7 Å². The minimum absolute atomic E-state index is 0. The van der Waals surface area contributed by atoms with Crippen molar-refractivity contribution in [1.82, 2.24) is 0 Å². The molecule has 0 aliphatic rings. The molecule has 0 bridgehead atoms. The van der Waals surface area contributed by atoms with Gasteiger partial charge in [0.2, 0.25) is 0 Å². The molecule has 4 aromatic rings. The summed E-state index contributed by atoms with van der Waals surface area (Å²) >= 11 is 14.3. The first-order valence-electron chi connectivity index (χ1n) is 12.2. The van der Waals surface area contributed by atoms with E-state index in [1.807, 2.05) is 0 Å². The van der Waals surface area contributed by atoms with Crippen molar-refractivity contribution in [2.45, 2.75) is 72.1 Å². The molecule has 0 spiro atoms. The fourth-order valence-corrected chi connectivity index (χ4v) is 6.51. The molecular formula is C31H34Cl2O2STi. The van der Waals surface area contributed by atoms with E-state index >= 15 is 0 Å². The van der Waals surface area contributed by atoms with Crippen molar-refractivity contribution >= 4 is 45.8 Å². The van der Waals surface area contributed by atoms with E-state index in [0.717, 1.165) is 33.4 Å². The zero-order chi connectivity index (χ0) is 26.4. The third-order valence-electron chi connectivity index (χ3n) is 6.72. The SMILES string of the molecule is Cc1cc(C(c2cc(C)cc(C(C)(C)C)c2OCl)c2scc3ccccc23)c(OCl)c(C(C)(C)C)c1.[Ti]. The molecule has 194 valence electrons. The molecule has 6 heteroatoms. The molecule has 0 radical (unpaired) electrons. The molecule has 1 aromatic heterocycles. The third-order valence-corrected chi connectivity index (χ3v) is 8.11. The molecule has 0 aliphatic carbocycles. The smallest absolute Gasteiger partial charge is 0.154 e. The van der Waals surface area contributed by atoms with E-state index < -0.39 is 0 Å². The van der Waals surface area contributed by atoms with Crippen molar-refractivity contribution in [1.29, 1.82) is 0 Å². The van der Waals surface area contributed by atoms with Gasteiger partial charge in [-0.2, -0.15) is 0 Å². The van der Waals surface area contributed by atoms with Crippen LogP contribution in [-0.4, -0.2) is 0 Å². The van der Waals surface area contributed by atoms with Crippen molar-refractivity contribution in [2.75, 3.05) is 0 Å². The van der Waals surface area contributed by atoms with E-state index in [-0.39, 0.29) is 38.5 Å². The van der Waals surface area contributed by atoms with Gasteiger partial charge in [0.15, 0.2) is 11.5 Å². The van der Waals surface area contributed by atoms with Crippen LogP contribution in [-0.2, 0) is 32.5 Å². The summed E-state index contributed by atoms with van der Waals surface area (Å²) in [4.78, 5) is 1.20. The summed E-state index contributed by atoms with van der Waals surface area (Å²) in [6.45, 7) is 17.3. The van der Waals surface area contributed by atoms with Gasteiger partial charge in [0, 0.05) is 48.8 Å². The van der Waals surface area contributed by atoms with Crippen LogP contribution >= 0.6 is 35.1 Å². The quantitative estimate of drug-likeness (QED) is 0.216. The van der Waals surface area contributed by atoms with Gasteiger partial charge in [-0.3, -0.25) is 0 Å². The maximum absolute atomic E-state index is 6.26. The normalized spacial score (nSPS) is 12.1. The van der Waals surface area contributed by atoms with Crippen molar-refractivity contribution < 1.29 is 30.3 Å². The fraction of sp³-hybridized carbons (Fsp3) is 0.355. The molecule has 4 rings (SSSR count). The average Bonchev–Trinajstić information content (AvgIpc) is 3.21. The second kappa shape index (κ2) is 11.3. The van der Waals surface area contributed by atoms with Crippen LogP contribution in [0.1, 0.15) is 85.7 Å². The summed E-state index contributed by atoms with van der Waals surface area (Å²) in [6.07, 6.45) is 0. The number of fused-ring (bicyclic) bond motifs is 1. The Labute approximate surface area is 250 Å². The van der Waals surface area contributed by atoms with Crippen LogP contribution in [0.4, 0.5) is 0 Å². The number of hydrogen-bond donors (Lipinski definition) is 0. The molecule has 0 N–H and O–H groups in total. The molecule has 0 fully saturated rings. The Morgan fingerprint density at radius 1 is 0.730 bits per heavy atom. The van der Waals surface area contributed by atoms with Gasteiger partial charge in [0.05, 0.1) is 5.92 Å². The van der Waals surface area contributed by atoms with Crippen molar-refractivity contribution in [3.05, 3.63) is 92.2 Å². The van der Waals surface area contributed by atoms with Crippen LogP contribution in [0.2, 0.25) is 0 Å². The fourth-order valence-electron chi connectivity index (χ4n) is 5.01. The minimum atomic E-state index is -0.195. The number of hydrogen-bond acceptors (Lipinski definition) is 3. The zero-order valence-corrected chi connectivity index (χ0v) is 26.6. The van der Waals surface area contributed by atoms with E-state index in [4.69, 9.17) is 32.3 Å². The molecule has 2 nitrogen and oxygen atoms in total. The van der Waals surface area contributed by atoms with Crippen LogP contribution < -0.4 is 8.58 Å². The van der Waals surface area contributed by atoms with Crippen LogP contribution in [0.5, 0.6) is 11.5 Å². The molecule has 0 amide bonds. The number of aryl methyl sites for hydroxylation is 2. The van der Waals surface area contributed by atoms with Crippen molar-refractivity contribution in [3.8, 4) is 11.5 Å². The Morgan fingerprint density at radius 2 is 1.19 bits per heavy atom. The van der Waals surface area contributed by atoms with Crippen molar-refractivity contribution in [3.63, 3.8) is 0 Å². The molecule has 0 saturated carbocycles. The maximum atomic E-state index is 6.26. The van der Waals surface area contributed by atoms with Crippen LogP contribution in [0.15, 0.2) is 53.9 Å². The summed E-state index contributed by atoms with van der Waals surface area (Å²) in [5.41, 5.74) is 6.10. The molecule has 0 atom stereocenters. The van der Waals surface area contributed by atoms with Gasteiger partial charge >= 0.3 is 0 Å². The molecular weight excluding hydrogens is 555 g/mol. The topological polar surface area (TPSA) is 18.5 Å². The summed E-state index contributed by atoms with van der Waals surface area (Å²) in [5, 5.41) is 4.61. The monoisotopic (exact) mass is 588 g/mol. The van der Waals surface area contributed by atoms with E-state index in [1.54, 1.807) is 11.3 Å². The van der Waals surface area contributed by atoms with Gasteiger partial charge in [-0.1, -0.05) is 101 Å². The Kier molecular flexibility index (Phi) is 9.20. The summed E-state index contributed by atoms with van der Waals surface area (Å²) in [7, 11) is 0. The van der Waals surface area contributed by atoms with E-state index in [0.29, 0.717) is 11.5 Å². The first-order chi connectivity index (χ1) is 16.9. The number of benzene rings is 3.